The highest BCUT2D eigenvalue weighted by Gasteiger charge is 2.30. The highest BCUT2D eigenvalue weighted by atomic mass is 16.5. The van der Waals surface area contributed by atoms with E-state index in [1.807, 2.05) is 30.3 Å². The zero-order valence-electron chi connectivity index (χ0n) is 16.4. The Morgan fingerprint density at radius 3 is 2.40 bits per heavy atom. The molecule has 0 saturated carbocycles. The molecule has 30 heavy (non-hydrogen) atoms. The van der Waals surface area contributed by atoms with Crippen LogP contribution in [0.1, 0.15) is 33.6 Å². The Labute approximate surface area is 174 Å². The molecular formula is C24H22N2O4. The van der Waals surface area contributed by atoms with Crippen LogP contribution in [0, 0.1) is 5.92 Å². The molecule has 1 aromatic heterocycles. The molecule has 1 amide bonds. The van der Waals surface area contributed by atoms with Crippen LogP contribution in [0.25, 0.3) is 0 Å². The van der Waals surface area contributed by atoms with Gasteiger partial charge in [-0.15, -0.1) is 0 Å². The van der Waals surface area contributed by atoms with E-state index in [9.17, 15) is 14.4 Å². The first-order valence-electron chi connectivity index (χ1n) is 9.96. The van der Waals surface area contributed by atoms with Gasteiger partial charge in [-0.1, -0.05) is 18.2 Å². The van der Waals surface area contributed by atoms with Crippen LogP contribution in [0.15, 0.2) is 77.7 Å². The van der Waals surface area contributed by atoms with E-state index in [0.29, 0.717) is 24.4 Å². The predicted octanol–water partition coefficient (Wildman–Crippen LogP) is 3.90. The van der Waals surface area contributed by atoms with Crippen molar-refractivity contribution in [2.24, 2.45) is 5.92 Å². The summed E-state index contributed by atoms with van der Waals surface area (Å²) in [5, 5.41) is 0. The summed E-state index contributed by atoms with van der Waals surface area (Å²) < 4.78 is 5.77. The number of hydrogen-bond acceptors (Lipinski definition) is 4. The minimum atomic E-state index is -0.412. The van der Waals surface area contributed by atoms with Gasteiger partial charge in [0.15, 0.2) is 5.78 Å². The van der Waals surface area contributed by atoms with Crippen LogP contribution in [0.4, 0.5) is 0 Å². The van der Waals surface area contributed by atoms with Gasteiger partial charge in [0.2, 0.25) is 0 Å². The van der Waals surface area contributed by atoms with Gasteiger partial charge in [0, 0.05) is 30.8 Å². The van der Waals surface area contributed by atoms with Gasteiger partial charge < -0.3 is 14.6 Å². The van der Waals surface area contributed by atoms with Crippen molar-refractivity contribution in [3.8, 4) is 11.5 Å². The Balaban J connectivity index is 1.43. The third kappa shape index (κ3) is 4.33. The number of pyridine rings is 1. The van der Waals surface area contributed by atoms with Crippen LogP contribution in [0.2, 0.25) is 0 Å². The Bertz CT molecular complexity index is 1090. The van der Waals surface area contributed by atoms with Crippen molar-refractivity contribution in [1.29, 1.82) is 0 Å². The van der Waals surface area contributed by atoms with Gasteiger partial charge in [-0.25, -0.2) is 0 Å². The Morgan fingerprint density at radius 2 is 1.67 bits per heavy atom. The maximum atomic E-state index is 13.0. The van der Waals surface area contributed by atoms with E-state index in [0.717, 1.165) is 18.6 Å². The number of aromatic nitrogens is 1. The maximum Gasteiger partial charge on any atom is 0.260 e. The number of piperidine rings is 1. The van der Waals surface area contributed by atoms with Gasteiger partial charge in [0.1, 0.15) is 17.1 Å². The summed E-state index contributed by atoms with van der Waals surface area (Å²) in [5.74, 6) is 0.767. The summed E-state index contributed by atoms with van der Waals surface area (Å²) in [6, 6.07) is 19.6. The summed E-state index contributed by atoms with van der Waals surface area (Å²) in [5.41, 5.74) is 0.283. The molecule has 0 bridgehead atoms. The van der Waals surface area contributed by atoms with Gasteiger partial charge in [-0.05, 0) is 61.4 Å². The monoisotopic (exact) mass is 402 g/mol. The number of ether oxygens (including phenoxy) is 1. The topological polar surface area (TPSA) is 79.5 Å². The third-order valence-electron chi connectivity index (χ3n) is 5.25. The lowest BCUT2D eigenvalue weighted by Gasteiger charge is -2.32. The van der Waals surface area contributed by atoms with Gasteiger partial charge in [0.05, 0.1) is 0 Å². The number of para-hydroxylation sites is 1. The van der Waals surface area contributed by atoms with E-state index < -0.39 is 5.56 Å². The number of ketones is 1. The fraction of sp³-hybridized carbons (Fsp3) is 0.208. The van der Waals surface area contributed by atoms with Crippen molar-refractivity contribution in [2.75, 3.05) is 13.1 Å². The fourth-order valence-corrected chi connectivity index (χ4v) is 3.68. The largest absolute Gasteiger partial charge is 0.457 e. The smallest absolute Gasteiger partial charge is 0.260 e. The second-order valence-electron chi connectivity index (χ2n) is 7.31. The van der Waals surface area contributed by atoms with Gasteiger partial charge in [-0.3, -0.25) is 14.4 Å². The molecule has 6 heteroatoms. The van der Waals surface area contributed by atoms with Gasteiger partial charge in [0.25, 0.3) is 11.5 Å². The molecule has 0 radical (unpaired) electrons. The van der Waals surface area contributed by atoms with Crippen LogP contribution in [-0.4, -0.2) is 34.7 Å². The maximum absolute atomic E-state index is 13.0. The van der Waals surface area contributed by atoms with Crippen LogP contribution in [0.3, 0.4) is 0 Å². The summed E-state index contributed by atoms with van der Waals surface area (Å²) in [7, 11) is 0. The molecule has 152 valence electrons. The number of likely N-dealkylation sites (tertiary alicyclic amines) is 1. The standard InChI is InChI=1S/C24H22N2O4/c27-22(17-10-12-20(13-11-17)30-19-7-2-1-3-8-19)18-6-5-15-26(16-18)24(29)21-9-4-14-25-23(21)28/h1-4,7-14,18H,5-6,15-16H2,(H,25,28)/t18-/m0/s1. The molecule has 0 spiro atoms. The van der Waals surface area contributed by atoms with E-state index in [1.54, 1.807) is 35.2 Å². The number of benzene rings is 2. The molecular weight excluding hydrogens is 380 g/mol. The van der Waals surface area contributed by atoms with Crippen LogP contribution in [-0.2, 0) is 0 Å². The van der Waals surface area contributed by atoms with E-state index in [4.69, 9.17) is 4.74 Å². The molecule has 3 aromatic rings. The van der Waals surface area contributed by atoms with Crippen LogP contribution >= 0.6 is 0 Å². The summed E-state index contributed by atoms with van der Waals surface area (Å²) in [4.78, 5) is 41.8. The average molecular weight is 402 g/mol. The van der Waals surface area contributed by atoms with E-state index in [1.165, 1.54) is 12.3 Å². The first kappa shape index (κ1) is 19.6. The second-order valence-corrected chi connectivity index (χ2v) is 7.31. The molecule has 1 atom stereocenters. The van der Waals surface area contributed by atoms with Crippen molar-refractivity contribution < 1.29 is 14.3 Å². The lowest BCUT2D eigenvalue weighted by Crippen LogP contribution is -2.43. The van der Waals surface area contributed by atoms with Crippen molar-refractivity contribution in [1.82, 2.24) is 9.88 Å². The first-order chi connectivity index (χ1) is 14.6. The number of Topliss-reactive ketones (excluding diaryl/α,β-unsaturated/α-hetero) is 1. The summed E-state index contributed by atoms with van der Waals surface area (Å²) in [6.45, 7) is 0.856. The Morgan fingerprint density at radius 1 is 0.933 bits per heavy atom. The van der Waals surface area contributed by atoms with Crippen LogP contribution in [0.5, 0.6) is 11.5 Å². The highest BCUT2D eigenvalue weighted by molar-refractivity contribution is 5.99. The van der Waals surface area contributed by atoms with E-state index >= 15 is 0 Å². The van der Waals surface area contributed by atoms with Crippen LogP contribution < -0.4 is 10.3 Å². The number of H-pyrrole nitrogens is 1. The van der Waals surface area contributed by atoms with E-state index in [2.05, 4.69) is 4.98 Å². The molecule has 4 rings (SSSR count). The summed E-state index contributed by atoms with van der Waals surface area (Å²) in [6.07, 6.45) is 2.94. The average Bonchev–Trinajstić information content (AvgIpc) is 2.80. The first-order valence-corrected chi connectivity index (χ1v) is 9.96. The fourth-order valence-electron chi connectivity index (χ4n) is 3.68. The molecule has 1 aliphatic heterocycles. The SMILES string of the molecule is O=C(c1ccc(Oc2ccccc2)cc1)[C@H]1CCCN(C(=O)c2ccc[nH]c2=O)C1. The molecule has 1 aliphatic rings. The molecule has 2 aromatic carbocycles. The van der Waals surface area contributed by atoms with Crippen molar-refractivity contribution >= 4 is 11.7 Å². The molecule has 1 saturated heterocycles. The number of nitrogens with one attached hydrogen (secondary N) is 1. The molecule has 6 nitrogen and oxygen atoms in total. The molecule has 1 N–H and O–H groups in total. The lowest BCUT2D eigenvalue weighted by molar-refractivity contribution is 0.0635. The van der Waals surface area contributed by atoms with Gasteiger partial charge in [-0.2, -0.15) is 0 Å². The lowest BCUT2D eigenvalue weighted by atomic mass is 9.89. The zero-order chi connectivity index (χ0) is 20.9. The predicted molar refractivity (Wildman–Crippen MR) is 113 cm³/mol. The molecule has 2 heterocycles. The second kappa shape index (κ2) is 8.78. The Hall–Kier alpha value is -3.67. The number of nitrogens with zero attached hydrogens (tertiary/aromatic N) is 1. The minimum absolute atomic E-state index is 0.000678. The van der Waals surface area contributed by atoms with Crippen molar-refractivity contribution in [3.05, 3.63) is 94.4 Å². The number of aromatic amines is 1. The van der Waals surface area contributed by atoms with Crippen molar-refractivity contribution in [2.45, 2.75) is 12.8 Å². The zero-order valence-corrected chi connectivity index (χ0v) is 16.4. The quantitative estimate of drug-likeness (QED) is 0.657. The molecule has 0 unspecified atom stereocenters. The third-order valence-corrected chi connectivity index (χ3v) is 5.25. The van der Waals surface area contributed by atoms with Gasteiger partial charge >= 0.3 is 0 Å². The summed E-state index contributed by atoms with van der Waals surface area (Å²) >= 11 is 0. The number of hydrogen-bond donors (Lipinski definition) is 1. The molecule has 1 fully saturated rings. The van der Waals surface area contributed by atoms with Crippen molar-refractivity contribution in [3.63, 3.8) is 0 Å². The Kier molecular flexibility index (Phi) is 5.75. The highest BCUT2D eigenvalue weighted by Crippen LogP contribution is 2.25. The number of carbonyl (C=O) groups excluding carboxylic acids is 2. The minimum Gasteiger partial charge on any atom is -0.457 e. The normalized spacial score (nSPS) is 16.1. The van der Waals surface area contributed by atoms with E-state index in [-0.39, 0.29) is 23.2 Å². The number of carbonyl (C=O) groups is 2. The molecule has 0 aliphatic carbocycles. The number of rotatable bonds is 5. The number of amides is 1.